The Kier molecular flexibility index (Phi) is 10.2. The summed E-state index contributed by atoms with van der Waals surface area (Å²) in [5.41, 5.74) is 29.5. The molecule has 6 nitrogen and oxygen atoms in total. The molecule has 0 amide bonds. The van der Waals surface area contributed by atoms with E-state index < -0.39 is 0 Å². The molecule has 6 heteroatoms. The van der Waals surface area contributed by atoms with E-state index in [2.05, 4.69) is 309 Å². The molecule has 0 saturated carbocycles. The Hall–Kier alpha value is -12.1. The topological polar surface area (TPSA) is 94.7 Å². The highest BCUT2D eigenvalue weighted by Gasteiger charge is 2.28. The summed E-state index contributed by atoms with van der Waals surface area (Å²) in [5, 5.41) is 14.4. The van der Waals surface area contributed by atoms with Crippen molar-refractivity contribution in [2.75, 3.05) is 0 Å². The molecule has 0 saturated heterocycles. The minimum Gasteiger partial charge on any atom is -0.354 e. The molecule has 20 aromatic rings. The van der Waals surface area contributed by atoms with Crippen molar-refractivity contribution in [2.24, 2.45) is 0 Å². The molecule has 418 valence electrons. The minimum atomic E-state index is 1.10. The van der Waals surface area contributed by atoms with Crippen molar-refractivity contribution in [2.45, 2.75) is 0 Å². The number of hydrogen-bond acceptors (Lipinski definition) is 0. The molecule has 20 rings (SSSR count). The predicted molar refractivity (Wildman–Crippen MR) is 381 cm³/mol. The van der Waals surface area contributed by atoms with Crippen LogP contribution in [-0.2, 0) is 0 Å². The molecule has 0 atom stereocenters. The molecule has 0 aliphatic carbocycles. The lowest BCUT2D eigenvalue weighted by molar-refractivity contribution is 1.50. The van der Waals surface area contributed by atoms with Gasteiger partial charge in [0.15, 0.2) is 0 Å². The molecule has 0 spiro atoms. The Balaban J connectivity index is 0.805. The molecule has 0 fully saturated rings. The van der Waals surface area contributed by atoms with E-state index in [0.29, 0.717) is 0 Å². The first kappa shape index (κ1) is 49.0. The normalized spacial score (nSPS) is 12.2. The molecule has 0 aliphatic heterocycles. The molecule has 0 unspecified atom stereocenters. The largest absolute Gasteiger partial charge is 0.354 e. The summed E-state index contributed by atoms with van der Waals surface area (Å²) in [6.07, 6.45) is 0. The van der Waals surface area contributed by atoms with Gasteiger partial charge in [-0.05, 0) is 81.9 Å². The predicted octanol–water partition coefficient (Wildman–Crippen LogP) is 23.2. The van der Waals surface area contributed by atoms with Crippen LogP contribution >= 0.6 is 0 Å². The van der Waals surface area contributed by atoms with Gasteiger partial charge in [0.05, 0.1) is 33.1 Å². The van der Waals surface area contributed by atoms with E-state index >= 15 is 0 Å². The van der Waals surface area contributed by atoms with Crippen molar-refractivity contribution < 1.29 is 0 Å². The first-order valence-electron chi connectivity index (χ1n) is 31.0. The first-order chi connectivity index (χ1) is 44.6. The van der Waals surface area contributed by atoms with Gasteiger partial charge in [0.1, 0.15) is 0 Å². The number of aromatic amines is 6. The van der Waals surface area contributed by atoms with Crippen molar-refractivity contribution in [3.63, 3.8) is 0 Å². The van der Waals surface area contributed by atoms with Gasteiger partial charge in [-0.15, -0.1) is 0 Å². The van der Waals surface area contributed by atoms with Gasteiger partial charge in [-0.3, -0.25) is 0 Å². The van der Waals surface area contributed by atoms with Crippen LogP contribution in [0.25, 0.3) is 209 Å². The van der Waals surface area contributed by atoms with Crippen molar-refractivity contribution in [1.29, 1.82) is 0 Å². The van der Waals surface area contributed by atoms with Crippen molar-refractivity contribution in [1.82, 2.24) is 29.9 Å². The van der Waals surface area contributed by atoms with E-state index in [-0.39, 0.29) is 0 Å². The van der Waals surface area contributed by atoms with Crippen LogP contribution in [-0.4, -0.2) is 29.9 Å². The van der Waals surface area contributed by atoms with Crippen LogP contribution in [0, 0.1) is 0 Å². The average molecular weight is 1150 g/mol. The molecule has 90 heavy (non-hydrogen) atoms. The molecular weight excluding hydrogens is 1090 g/mol. The van der Waals surface area contributed by atoms with E-state index in [9.17, 15) is 0 Å². The van der Waals surface area contributed by atoms with Crippen LogP contribution < -0.4 is 0 Å². The summed E-state index contributed by atoms with van der Waals surface area (Å²) in [7, 11) is 0. The van der Waals surface area contributed by atoms with Crippen LogP contribution in [0.3, 0.4) is 0 Å². The van der Waals surface area contributed by atoms with E-state index in [4.69, 9.17) is 0 Å². The second kappa shape index (κ2) is 18.7. The lowest BCUT2D eigenvalue weighted by Gasteiger charge is -2.20. The summed E-state index contributed by atoms with van der Waals surface area (Å²) < 4.78 is 0. The quantitative estimate of drug-likeness (QED) is 0.0918. The van der Waals surface area contributed by atoms with Gasteiger partial charge < -0.3 is 29.9 Å². The SMILES string of the molecule is c1ccc2c(c1)[nH]c1c(-c3cc4c([nH]c5ccccc54)c(-c4ccc(-c5ccc(-c6c(-c7cccc8c7[nH]c7ccccc78)c(-c7cccc8c7[nH]c7ccccc78)cc7c6[nH]c6ccccc67)cc5)cc4)c3-c3cccc4c3[nH]c3ccccc34)cccc12. The van der Waals surface area contributed by atoms with Gasteiger partial charge in [0, 0.05) is 142 Å². The van der Waals surface area contributed by atoms with Gasteiger partial charge in [-0.2, -0.15) is 0 Å². The summed E-state index contributed by atoms with van der Waals surface area (Å²) in [6, 6.07) is 103. The maximum absolute atomic E-state index is 3.99. The fourth-order valence-corrected chi connectivity index (χ4v) is 15.6. The molecule has 0 aliphatic rings. The number of H-pyrrole nitrogens is 6. The molecule has 6 N–H and O–H groups in total. The molecule has 6 aromatic heterocycles. The maximum Gasteiger partial charge on any atom is 0.0551 e. The number of aromatic nitrogens is 6. The van der Waals surface area contributed by atoms with Gasteiger partial charge in [-0.1, -0.05) is 231 Å². The van der Waals surface area contributed by atoms with Gasteiger partial charge in [-0.25, -0.2) is 0 Å². The molecule has 6 heterocycles. The monoisotopic (exact) mass is 1140 g/mol. The molecule has 14 aromatic carbocycles. The first-order valence-corrected chi connectivity index (χ1v) is 31.0. The zero-order chi connectivity index (χ0) is 58.7. The Labute approximate surface area is 514 Å². The van der Waals surface area contributed by atoms with Crippen molar-refractivity contribution in [3.05, 3.63) is 279 Å². The second-order valence-electron chi connectivity index (χ2n) is 24.3. The maximum atomic E-state index is 3.99. The minimum absolute atomic E-state index is 1.10. The highest BCUT2D eigenvalue weighted by atomic mass is 14.7. The third kappa shape index (κ3) is 7.04. The van der Waals surface area contributed by atoms with E-state index in [1.54, 1.807) is 0 Å². The zero-order valence-electron chi connectivity index (χ0n) is 48.6. The van der Waals surface area contributed by atoms with Gasteiger partial charge in [0.25, 0.3) is 0 Å². The number of para-hydroxylation sites is 10. The smallest absolute Gasteiger partial charge is 0.0551 e. The van der Waals surface area contributed by atoms with Crippen LogP contribution in [0.1, 0.15) is 0 Å². The number of hydrogen-bond donors (Lipinski definition) is 6. The van der Waals surface area contributed by atoms with Crippen LogP contribution in [0.15, 0.2) is 279 Å². The molecule has 0 radical (unpaired) electrons. The summed E-state index contributed by atoms with van der Waals surface area (Å²) >= 11 is 0. The Morgan fingerprint density at radius 3 is 0.689 bits per heavy atom. The standard InChI is InChI=1S/C84H52N6/c1-7-31-69-51(17-1)57-23-13-27-61(79(57)85-69)65-45-67-55-21-5-11-35-73(55)89-83(67)75(77(65)63-29-15-25-59-53-19-3-9-33-71(53)87-81(59)63)49-41-37-47(38-42-49)48-39-43-50(44-40-48)76-78(64-30-16-26-60-54-20-4-10-34-72(54)88-82(60)64)66(46-68-56-22-6-12-36-74(56)90-84(68)76)62-28-14-24-58-52-18-2-8-32-70(52)86-80(58)62/h1-46,85-90H. The third-order valence-corrected chi connectivity index (χ3v) is 19.6. The highest BCUT2D eigenvalue weighted by Crippen LogP contribution is 2.53. The van der Waals surface area contributed by atoms with E-state index in [1.165, 1.54) is 75.8 Å². The van der Waals surface area contributed by atoms with Crippen molar-refractivity contribution >= 4 is 131 Å². The van der Waals surface area contributed by atoms with Crippen LogP contribution in [0.4, 0.5) is 0 Å². The molecular formula is C84H52N6. The fourth-order valence-electron chi connectivity index (χ4n) is 15.6. The summed E-state index contributed by atoms with van der Waals surface area (Å²) in [4.78, 5) is 23.6. The third-order valence-electron chi connectivity index (χ3n) is 19.6. The number of fused-ring (bicyclic) bond motifs is 18. The molecule has 0 bridgehead atoms. The number of benzene rings is 14. The van der Waals surface area contributed by atoms with E-state index in [1.807, 2.05) is 0 Å². The Morgan fingerprint density at radius 1 is 0.144 bits per heavy atom. The Bertz CT molecular complexity index is 6000. The second-order valence-corrected chi connectivity index (χ2v) is 24.3. The zero-order valence-corrected chi connectivity index (χ0v) is 48.6. The lowest BCUT2D eigenvalue weighted by atomic mass is 9.83. The van der Waals surface area contributed by atoms with E-state index in [0.717, 1.165) is 133 Å². The highest BCUT2D eigenvalue weighted by molar-refractivity contribution is 6.26. The number of rotatable bonds is 7. The summed E-state index contributed by atoms with van der Waals surface area (Å²) in [6.45, 7) is 0. The van der Waals surface area contributed by atoms with Gasteiger partial charge >= 0.3 is 0 Å². The van der Waals surface area contributed by atoms with Gasteiger partial charge in [0.2, 0.25) is 0 Å². The number of nitrogens with one attached hydrogen (secondary N) is 6. The average Bonchev–Trinajstić information content (AvgIpc) is 1.62. The summed E-state index contributed by atoms with van der Waals surface area (Å²) in [5.74, 6) is 0. The fraction of sp³-hybridized carbons (Fsp3) is 0. The van der Waals surface area contributed by atoms with Crippen LogP contribution in [0.5, 0.6) is 0 Å². The lowest BCUT2D eigenvalue weighted by Crippen LogP contribution is -1.95. The Morgan fingerprint density at radius 2 is 0.378 bits per heavy atom. The van der Waals surface area contributed by atoms with Crippen LogP contribution in [0.2, 0.25) is 0 Å². The van der Waals surface area contributed by atoms with Crippen molar-refractivity contribution in [3.8, 4) is 77.9 Å².